The Labute approximate surface area is 346 Å². The molecule has 10 aromatic rings. The molecule has 3 nitrogen and oxygen atoms in total. The number of hydrogen-bond acceptors (Lipinski definition) is 2. The van der Waals surface area contributed by atoms with E-state index in [1.165, 1.54) is 67.2 Å². The topological polar surface area (TPSA) is 30.7 Å². The van der Waals surface area contributed by atoms with Crippen molar-refractivity contribution < 1.29 is 0 Å². The van der Waals surface area contributed by atoms with Gasteiger partial charge in [-0.2, -0.15) is 0 Å². The van der Waals surface area contributed by atoms with Gasteiger partial charge in [-0.25, -0.2) is 0 Å². The van der Waals surface area contributed by atoms with Crippen LogP contribution in [0, 0.1) is 0 Å². The standard InChI is InChI=1S/C55H39GeN3/c1-55(2)44-27-15-12-24-41(44)49-45(55)34-35-48-50(49)43-26-14-17-29-47(43)59(48)40-32-30-37(31-33-40)54-57-52(36-18-6-3-7-19-36)51-53(58-54)42-25-13-16-28-46(42)56(51,38-20-8-4-9-21-38)39-22-10-5-11-23-39/h3-35H,1-2H3. The van der Waals surface area contributed by atoms with E-state index in [0.29, 0.717) is 0 Å². The van der Waals surface area contributed by atoms with Crippen molar-refractivity contribution >= 4 is 52.7 Å². The average molecular weight is 815 g/mol. The molecule has 2 aromatic heterocycles. The Morgan fingerprint density at radius 2 is 1.05 bits per heavy atom. The van der Waals surface area contributed by atoms with Crippen LogP contribution in [-0.4, -0.2) is 27.8 Å². The van der Waals surface area contributed by atoms with E-state index in [1.807, 2.05) is 0 Å². The molecular formula is C55H39GeN3. The van der Waals surface area contributed by atoms with Crippen LogP contribution in [0.1, 0.15) is 25.0 Å². The Morgan fingerprint density at radius 3 is 1.78 bits per heavy atom. The van der Waals surface area contributed by atoms with Crippen LogP contribution in [0.25, 0.3) is 72.5 Å². The molecule has 0 N–H and O–H groups in total. The van der Waals surface area contributed by atoms with Crippen molar-refractivity contribution in [2.45, 2.75) is 19.3 Å². The molecule has 0 radical (unpaired) electrons. The van der Waals surface area contributed by atoms with Gasteiger partial charge >= 0.3 is 282 Å². The van der Waals surface area contributed by atoms with Crippen LogP contribution in [0.3, 0.4) is 0 Å². The van der Waals surface area contributed by atoms with Gasteiger partial charge in [-0.15, -0.1) is 0 Å². The number of para-hydroxylation sites is 1. The van der Waals surface area contributed by atoms with Crippen LogP contribution in [0.2, 0.25) is 0 Å². The molecule has 1 aliphatic carbocycles. The van der Waals surface area contributed by atoms with Crippen LogP contribution in [0.4, 0.5) is 0 Å². The summed E-state index contributed by atoms with van der Waals surface area (Å²) in [6.07, 6.45) is 0. The van der Waals surface area contributed by atoms with Crippen LogP contribution < -0.4 is 17.6 Å². The third kappa shape index (κ3) is 4.77. The summed E-state index contributed by atoms with van der Waals surface area (Å²) < 4.78 is 7.90. The van der Waals surface area contributed by atoms with Gasteiger partial charge in [-0.05, 0) is 16.7 Å². The van der Waals surface area contributed by atoms with Gasteiger partial charge in [0.05, 0.1) is 0 Å². The van der Waals surface area contributed by atoms with E-state index in [-0.39, 0.29) is 5.41 Å². The fraction of sp³-hybridized carbons (Fsp3) is 0.0545. The Balaban J connectivity index is 1.08. The van der Waals surface area contributed by atoms with Crippen molar-refractivity contribution in [1.29, 1.82) is 0 Å². The first-order valence-corrected chi connectivity index (χ1v) is 24.7. The first-order valence-electron chi connectivity index (χ1n) is 20.5. The molecule has 0 atom stereocenters. The summed E-state index contributed by atoms with van der Waals surface area (Å²) in [4.78, 5) is 11.2. The van der Waals surface area contributed by atoms with Gasteiger partial charge in [-0.3, -0.25) is 0 Å². The zero-order valence-electron chi connectivity index (χ0n) is 32.9. The number of aromatic nitrogens is 3. The number of benzene rings is 8. The van der Waals surface area contributed by atoms with E-state index in [9.17, 15) is 0 Å². The van der Waals surface area contributed by atoms with Crippen molar-refractivity contribution in [2.24, 2.45) is 0 Å². The molecule has 0 fully saturated rings. The summed E-state index contributed by atoms with van der Waals surface area (Å²) in [7, 11) is 0. The molecule has 4 heteroatoms. The molecule has 2 aliphatic rings. The second-order valence-electron chi connectivity index (χ2n) is 16.5. The van der Waals surface area contributed by atoms with Gasteiger partial charge in [0.2, 0.25) is 0 Å². The Morgan fingerprint density at radius 1 is 0.458 bits per heavy atom. The molecule has 0 saturated carbocycles. The first kappa shape index (κ1) is 34.2. The predicted molar refractivity (Wildman–Crippen MR) is 247 cm³/mol. The van der Waals surface area contributed by atoms with Gasteiger partial charge in [0.15, 0.2) is 0 Å². The van der Waals surface area contributed by atoms with E-state index >= 15 is 0 Å². The van der Waals surface area contributed by atoms with Crippen LogP contribution in [-0.2, 0) is 5.41 Å². The third-order valence-corrected chi connectivity index (χ3v) is 23.3. The van der Waals surface area contributed by atoms with Crippen molar-refractivity contribution in [3.8, 4) is 50.7 Å². The second kappa shape index (κ2) is 12.8. The average Bonchev–Trinajstić information content (AvgIpc) is 3.88. The number of nitrogens with zero attached hydrogens (tertiary/aromatic N) is 3. The molecule has 0 saturated heterocycles. The van der Waals surface area contributed by atoms with Crippen molar-refractivity contribution in [3.05, 3.63) is 211 Å². The second-order valence-corrected chi connectivity index (χ2v) is 24.2. The summed E-state index contributed by atoms with van der Waals surface area (Å²) in [5, 5.41) is 2.59. The Hall–Kier alpha value is -6.82. The van der Waals surface area contributed by atoms with Gasteiger partial charge in [0.25, 0.3) is 0 Å². The van der Waals surface area contributed by atoms with E-state index in [4.69, 9.17) is 9.97 Å². The Kier molecular flexibility index (Phi) is 7.45. The van der Waals surface area contributed by atoms with Gasteiger partial charge in [0, 0.05) is 5.41 Å². The minimum absolute atomic E-state index is 0.0643. The van der Waals surface area contributed by atoms with E-state index in [0.717, 1.165) is 34.0 Å². The molecule has 8 aromatic carbocycles. The van der Waals surface area contributed by atoms with E-state index in [2.05, 4.69) is 219 Å². The molecular weight excluding hydrogens is 775 g/mol. The molecule has 0 amide bonds. The Bertz CT molecular complexity index is 3240. The van der Waals surface area contributed by atoms with Crippen molar-refractivity contribution in [1.82, 2.24) is 14.5 Å². The maximum absolute atomic E-state index is 5.61. The number of rotatable bonds is 5. The fourth-order valence-corrected chi connectivity index (χ4v) is 21.5. The normalized spacial score (nSPS) is 14.2. The third-order valence-electron chi connectivity index (χ3n) is 13.1. The van der Waals surface area contributed by atoms with Crippen LogP contribution in [0.5, 0.6) is 0 Å². The maximum atomic E-state index is 5.61. The van der Waals surface area contributed by atoms with E-state index in [1.54, 1.807) is 0 Å². The van der Waals surface area contributed by atoms with Crippen LogP contribution in [0.15, 0.2) is 200 Å². The minimum atomic E-state index is -3.62. The molecule has 0 bridgehead atoms. The molecule has 0 spiro atoms. The summed E-state index contributed by atoms with van der Waals surface area (Å²) in [6, 6.07) is 73.5. The summed E-state index contributed by atoms with van der Waals surface area (Å²) in [6.45, 7) is 4.72. The monoisotopic (exact) mass is 815 g/mol. The van der Waals surface area contributed by atoms with Gasteiger partial charge < -0.3 is 0 Å². The molecule has 59 heavy (non-hydrogen) atoms. The van der Waals surface area contributed by atoms with Crippen LogP contribution >= 0.6 is 0 Å². The fourth-order valence-electron chi connectivity index (χ4n) is 10.5. The van der Waals surface area contributed by atoms with Crippen molar-refractivity contribution in [3.63, 3.8) is 0 Å². The predicted octanol–water partition coefficient (Wildman–Crippen LogP) is 10.6. The van der Waals surface area contributed by atoms with E-state index < -0.39 is 13.3 Å². The zero-order valence-corrected chi connectivity index (χ0v) is 35.0. The number of fused-ring (bicyclic) bond motifs is 10. The molecule has 3 heterocycles. The van der Waals surface area contributed by atoms with Crippen molar-refractivity contribution in [2.75, 3.05) is 0 Å². The zero-order chi connectivity index (χ0) is 39.3. The van der Waals surface area contributed by atoms with Gasteiger partial charge in [-0.1, -0.05) is 44.2 Å². The molecule has 278 valence electrons. The summed E-state index contributed by atoms with van der Waals surface area (Å²) in [5.41, 5.74) is 14.4. The first-order chi connectivity index (χ1) is 29.0. The summed E-state index contributed by atoms with van der Waals surface area (Å²) >= 11 is -3.62. The van der Waals surface area contributed by atoms with Gasteiger partial charge in [0.1, 0.15) is 0 Å². The molecule has 12 rings (SSSR count). The quantitative estimate of drug-likeness (QED) is 0.162. The SMILES string of the molecule is CC1(C)c2ccccc2-c2c1ccc1c2c2ccccc2n1-c1ccc(-c2nc(-c3ccccc3)[c]3c(n2)-c2cccc[c]2[Ge]3([c]2ccccc2)[c]2ccccc2)cc1. The molecule has 0 unspecified atom stereocenters. The number of hydrogen-bond donors (Lipinski definition) is 0. The summed E-state index contributed by atoms with van der Waals surface area (Å²) in [5.74, 6) is 0.738. The molecule has 1 aliphatic heterocycles.